The van der Waals surface area contributed by atoms with Gasteiger partial charge in [0.2, 0.25) is 0 Å². The molecule has 98 valence electrons. The van der Waals surface area contributed by atoms with E-state index in [1.54, 1.807) is 0 Å². The zero-order chi connectivity index (χ0) is 13.1. The first kappa shape index (κ1) is 12.8. The molecule has 1 fully saturated rings. The molecule has 1 aromatic rings. The molecular weight excluding hydrogens is 239 g/mol. The summed E-state index contributed by atoms with van der Waals surface area (Å²) in [4.78, 5) is 14.6. The van der Waals surface area contributed by atoms with Gasteiger partial charge in [-0.25, -0.2) is 14.2 Å². The molecule has 1 saturated carbocycles. The zero-order valence-electron chi connectivity index (χ0n) is 9.77. The highest BCUT2D eigenvalue weighted by Gasteiger charge is 2.25. The number of carboxylic acid groups (broad SMARTS) is 1. The maximum absolute atomic E-state index is 13.8. The summed E-state index contributed by atoms with van der Waals surface area (Å²) in [5, 5.41) is 21.4. The number of aliphatic hydroxyl groups excluding tert-OH is 1. The molecule has 0 spiro atoms. The summed E-state index contributed by atoms with van der Waals surface area (Å²) in [5.41, 5.74) is -0.419. The predicted molar refractivity (Wildman–Crippen MR) is 63.0 cm³/mol. The van der Waals surface area contributed by atoms with Gasteiger partial charge in [0.1, 0.15) is 5.56 Å². The number of aromatic nitrogens is 1. The van der Waals surface area contributed by atoms with Crippen LogP contribution in [0.1, 0.15) is 36.0 Å². The number of pyridine rings is 1. The number of halogens is 1. The fraction of sp³-hybridized carbons (Fsp3) is 0.500. The van der Waals surface area contributed by atoms with Crippen molar-refractivity contribution < 1.29 is 19.4 Å². The van der Waals surface area contributed by atoms with Crippen molar-refractivity contribution >= 4 is 11.8 Å². The molecule has 0 amide bonds. The van der Waals surface area contributed by atoms with Crippen molar-refractivity contribution in [2.24, 2.45) is 0 Å². The fourth-order valence-electron chi connectivity index (χ4n) is 2.16. The third kappa shape index (κ3) is 2.59. The number of aliphatic hydroxyl groups is 1. The van der Waals surface area contributed by atoms with Crippen molar-refractivity contribution in [3.8, 4) is 0 Å². The molecular formula is C12H15FN2O3. The SMILES string of the molecule is O=C(O)c1ccnc(NC2CCCCC2O)c1F. The van der Waals surface area contributed by atoms with E-state index in [2.05, 4.69) is 10.3 Å². The van der Waals surface area contributed by atoms with Crippen molar-refractivity contribution in [2.45, 2.75) is 37.8 Å². The maximum atomic E-state index is 13.8. The fourth-order valence-corrected chi connectivity index (χ4v) is 2.16. The van der Waals surface area contributed by atoms with E-state index in [0.29, 0.717) is 6.42 Å². The Balaban J connectivity index is 2.18. The van der Waals surface area contributed by atoms with Gasteiger partial charge >= 0.3 is 5.97 Å². The number of hydrogen-bond acceptors (Lipinski definition) is 4. The molecule has 1 aliphatic carbocycles. The van der Waals surface area contributed by atoms with Crippen LogP contribution in [0.5, 0.6) is 0 Å². The van der Waals surface area contributed by atoms with E-state index in [4.69, 9.17) is 5.11 Å². The van der Waals surface area contributed by atoms with Crippen LogP contribution in [0, 0.1) is 5.82 Å². The summed E-state index contributed by atoms with van der Waals surface area (Å²) in [7, 11) is 0. The second kappa shape index (κ2) is 5.30. The standard InChI is InChI=1S/C12H15FN2O3/c13-10-7(12(17)18)5-6-14-11(10)15-8-3-1-2-4-9(8)16/h5-6,8-9,16H,1-4H2,(H,14,15)(H,17,18). The highest BCUT2D eigenvalue weighted by molar-refractivity contribution is 5.88. The Morgan fingerprint density at radius 1 is 1.44 bits per heavy atom. The van der Waals surface area contributed by atoms with Crippen LogP contribution < -0.4 is 5.32 Å². The van der Waals surface area contributed by atoms with Gasteiger partial charge in [-0.2, -0.15) is 0 Å². The van der Waals surface area contributed by atoms with Gasteiger partial charge in [-0.3, -0.25) is 0 Å². The van der Waals surface area contributed by atoms with Crippen LogP contribution in [0.4, 0.5) is 10.2 Å². The predicted octanol–water partition coefficient (Wildman–Crippen LogP) is 1.63. The molecule has 1 aromatic heterocycles. The molecule has 0 saturated heterocycles. The van der Waals surface area contributed by atoms with Crippen molar-refractivity contribution in [1.29, 1.82) is 0 Å². The summed E-state index contributed by atoms with van der Waals surface area (Å²) >= 11 is 0. The van der Waals surface area contributed by atoms with E-state index in [9.17, 15) is 14.3 Å². The minimum atomic E-state index is -1.33. The molecule has 2 unspecified atom stereocenters. The highest BCUT2D eigenvalue weighted by Crippen LogP contribution is 2.23. The largest absolute Gasteiger partial charge is 0.478 e. The molecule has 3 N–H and O–H groups in total. The first-order chi connectivity index (χ1) is 8.59. The lowest BCUT2D eigenvalue weighted by molar-refractivity contribution is 0.0692. The maximum Gasteiger partial charge on any atom is 0.338 e. The summed E-state index contributed by atoms with van der Waals surface area (Å²) in [6, 6.07) is 0.838. The first-order valence-electron chi connectivity index (χ1n) is 5.92. The lowest BCUT2D eigenvalue weighted by Crippen LogP contribution is -2.37. The Morgan fingerprint density at radius 2 is 2.17 bits per heavy atom. The number of aromatic carboxylic acids is 1. The van der Waals surface area contributed by atoms with Gasteiger partial charge in [0, 0.05) is 6.20 Å². The normalized spacial score (nSPS) is 23.7. The zero-order valence-corrected chi connectivity index (χ0v) is 9.77. The van der Waals surface area contributed by atoms with E-state index in [1.165, 1.54) is 6.20 Å². The molecule has 1 heterocycles. The van der Waals surface area contributed by atoms with Gasteiger partial charge in [-0.1, -0.05) is 12.8 Å². The second-order valence-electron chi connectivity index (χ2n) is 4.43. The van der Waals surface area contributed by atoms with Gasteiger partial charge in [-0.05, 0) is 18.9 Å². The monoisotopic (exact) mass is 254 g/mol. The topological polar surface area (TPSA) is 82.5 Å². The summed E-state index contributed by atoms with van der Waals surface area (Å²) < 4.78 is 13.8. The molecule has 0 aliphatic heterocycles. The average Bonchev–Trinajstić information content (AvgIpc) is 2.34. The van der Waals surface area contributed by atoms with Gasteiger partial charge in [0.25, 0.3) is 0 Å². The summed E-state index contributed by atoms with van der Waals surface area (Å²) in [6.07, 6.45) is 3.98. The number of rotatable bonds is 3. The summed E-state index contributed by atoms with van der Waals surface area (Å²) in [6.45, 7) is 0. The van der Waals surface area contributed by atoms with Crippen LogP contribution in [-0.4, -0.2) is 33.3 Å². The van der Waals surface area contributed by atoms with Crippen LogP contribution in [0.15, 0.2) is 12.3 Å². The van der Waals surface area contributed by atoms with Crippen molar-refractivity contribution in [3.05, 3.63) is 23.6 Å². The molecule has 0 aromatic carbocycles. The van der Waals surface area contributed by atoms with Crippen molar-refractivity contribution in [2.75, 3.05) is 5.32 Å². The third-order valence-electron chi connectivity index (χ3n) is 3.17. The van der Waals surface area contributed by atoms with E-state index >= 15 is 0 Å². The van der Waals surface area contributed by atoms with Crippen molar-refractivity contribution in [3.63, 3.8) is 0 Å². The Morgan fingerprint density at radius 3 is 2.83 bits per heavy atom. The quantitative estimate of drug-likeness (QED) is 0.763. The van der Waals surface area contributed by atoms with Crippen LogP contribution in [0.2, 0.25) is 0 Å². The summed E-state index contributed by atoms with van der Waals surface area (Å²) in [5.74, 6) is -2.33. The second-order valence-corrected chi connectivity index (χ2v) is 4.43. The molecule has 2 rings (SSSR count). The minimum Gasteiger partial charge on any atom is -0.478 e. The highest BCUT2D eigenvalue weighted by atomic mass is 19.1. The Hall–Kier alpha value is -1.69. The van der Waals surface area contributed by atoms with Crippen LogP contribution in [-0.2, 0) is 0 Å². The molecule has 6 heteroatoms. The van der Waals surface area contributed by atoms with Gasteiger partial charge in [-0.15, -0.1) is 0 Å². The molecule has 2 atom stereocenters. The molecule has 0 radical (unpaired) electrons. The minimum absolute atomic E-state index is 0.110. The molecule has 1 aliphatic rings. The molecule has 5 nitrogen and oxygen atoms in total. The Bertz CT molecular complexity index is 453. The van der Waals surface area contributed by atoms with Crippen LogP contribution >= 0.6 is 0 Å². The average molecular weight is 254 g/mol. The van der Waals surface area contributed by atoms with Gasteiger partial charge in [0.05, 0.1) is 12.1 Å². The van der Waals surface area contributed by atoms with E-state index in [0.717, 1.165) is 25.3 Å². The number of nitrogens with zero attached hydrogens (tertiary/aromatic N) is 1. The third-order valence-corrected chi connectivity index (χ3v) is 3.17. The first-order valence-corrected chi connectivity index (χ1v) is 5.92. The van der Waals surface area contributed by atoms with Crippen LogP contribution in [0.3, 0.4) is 0 Å². The number of carbonyl (C=O) groups is 1. The Kier molecular flexibility index (Phi) is 3.76. The Labute approximate surface area is 104 Å². The lowest BCUT2D eigenvalue weighted by Gasteiger charge is -2.28. The number of anilines is 1. The number of nitrogens with one attached hydrogen (secondary N) is 1. The number of carboxylic acids is 1. The van der Waals surface area contributed by atoms with E-state index in [-0.39, 0.29) is 11.9 Å². The van der Waals surface area contributed by atoms with Crippen LogP contribution in [0.25, 0.3) is 0 Å². The smallest absolute Gasteiger partial charge is 0.338 e. The van der Waals surface area contributed by atoms with Gasteiger partial charge in [0.15, 0.2) is 11.6 Å². The lowest BCUT2D eigenvalue weighted by atomic mass is 9.92. The van der Waals surface area contributed by atoms with Gasteiger partial charge < -0.3 is 15.5 Å². The molecule has 0 bridgehead atoms. The molecule has 18 heavy (non-hydrogen) atoms. The number of hydrogen-bond donors (Lipinski definition) is 3. The van der Waals surface area contributed by atoms with E-state index in [1.807, 2.05) is 0 Å². The van der Waals surface area contributed by atoms with E-state index < -0.39 is 23.5 Å². The van der Waals surface area contributed by atoms with Crippen molar-refractivity contribution in [1.82, 2.24) is 4.98 Å².